The van der Waals surface area contributed by atoms with E-state index in [1.165, 1.54) is 0 Å². The molecule has 2 N–H and O–H groups in total. The third kappa shape index (κ3) is 5.86. The van der Waals surface area contributed by atoms with E-state index in [-0.39, 0.29) is 24.1 Å². The molecule has 0 spiro atoms. The summed E-state index contributed by atoms with van der Waals surface area (Å²) in [5, 5.41) is 14.3. The Morgan fingerprint density at radius 1 is 1.22 bits per heavy atom. The number of nitrogens with one attached hydrogen (secondary N) is 1. The molecule has 10 heteroatoms. The minimum Gasteiger partial charge on any atom is -0.472 e. The Kier molecular flexibility index (Phi) is 8.30. The lowest BCUT2D eigenvalue weighted by Crippen LogP contribution is -2.40. The Balaban J connectivity index is 1.23. The van der Waals surface area contributed by atoms with Gasteiger partial charge in [-0.1, -0.05) is 24.6 Å². The predicted molar refractivity (Wildman–Crippen MR) is 154 cm³/mol. The Hall–Kier alpha value is -2.98. The zero-order valence-electron chi connectivity index (χ0n) is 23.2. The molecule has 6 rings (SSSR count). The van der Waals surface area contributed by atoms with Gasteiger partial charge in [0.25, 0.3) is 0 Å². The summed E-state index contributed by atoms with van der Waals surface area (Å²) in [6.07, 6.45) is 5.81. The molecule has 0 radical (unpaired) electrons. The van der Waals surface area contributed by atoms with Crippen LogP contribution in [0.5, 0.6) is 0 Å². The summed E-state index contributed by atoms with van der Waals surface area (Å²) in [7, 11) is 0. The first kappa shape index (κ1) is 28.2. The smallest absolute Gasteiger partial charge is 0.190 e. The van der Waals surface area contributed by atoms with Crippen molar-refractivity contribution in [2.24, 2.45) is 4.99 Å². The second-order valence-electron chi connectivity index (χ2n) is 11.0. The lowest BCUT2D eigenvalue weighted by molar-refractivity contribution is -0.0603. The highest BCUT2D eigenvalue weighted by Gasteiger charge is 2.45. The molecule has 4 heterocycles. The van der Waals surface area contributed by atoms with Gasteiger partial charge in [0.05, 0.1) is 36.3 Å². The largest absolute Gasteiger partial charge is 0.472 e. The number of nitrogens with zero attached hydrogens (tertiary/aromatic N) is 2. The SMILES string of the molecule is CCCC(=Nc1nc(NC2CCc3cc(-c4ccoc4)cc(F)c32)c(Cl)cc1C)O[C@@H]1CO[C@H]2[C@@H]1OCCC[C@H]2O. The van der Waals surface area contributed by atoms with Crippen LogP contribution < -0.4 is 5.32 Å². The van der Waals surface area contributed by atoms with E-state index < -0.39 is 12.2 Å². The Morgan fingerprint density at radius 3 is 2.90 bits per heavy atom. The molecule has 218 valence electrons. The van der Waals surface area contributed by atoms with Gasteiger partial charge in [0.2, 0.25) is 0 Å². The van der Waals surface area contributed by atoms with Crippen LogP contribution >= 0.6 is 11.6 Å². The molecule has 3 aromatic rings. The van der Waals surface area contributed by atoms with Crippen molar-refractivity contribution in [3.8, 4) is 11.1 Å². The first-order chi connectivity index (χ1) is 19.9. The number of anilines is 1. The molecule has 2 saturated heterocycles. The summed E-state index contributed by atoms with van der Waals surface area (Å²) in [6, 6.07) is 6.93. The normalized spacial score (nSPS) is 26.0. The number of furan rings is 1. The maximum Gasteiger partial charge on any atom is 0.190 e. The molecule has 5 atom stereocenters. The number of pyridine rings is 1. The lowest BCUT2D eigenvalue weighted by atomic mass is 10.0. The number of benzene rings is 1. The van der Waals surface area contributed by atoms with Gasteiger partial charge in [0.15, 0.2) is 17.8 Å². The Bertz CT molecular complexity index is 1420. The Labute approximate surface area is 243 Å². The van der Waals surface area contributed by atoms with Crippen molar-refractivity contribution in [2.45, 2.75) is 82.8 Å². The van der Waals surface area contributed by atoms with E-state index in [4.69, 9.17) is 40.2 Å². The predicted octanol–water partition coefficient (Wildman–Crippen LogP) is 6.70. The summed E-state index contributed by atoms with van der Waals surface area (Å²) in [5.74, 6) is 1.18. The molecule has 2 aliphatic heterocycles. The van der Waals surface area contributed by atoms with Crippen LogP contribution in [0.2, 0.25) is 5.02 Å². The van der Waals surface area contributed by atoms with E-state index >= 15 is 4.39 Å². The van der Waals surface area contributed by atoms with Crippen molar-refractivity contribution in [2.75, 3.05) is 18.5 Å². The summed E-state index contributed by atoms with van der Waals surface area (Å²) in [4.78, 5) is 9.55. The van der Waals surface area contributed by atoms with Crippen LogP contribution in [0, 0.1) is 12.7 Å². The van der Waals surface area contributed by atoms with Crippen LogP contribution in [0.25, 0.3) is 11.1 Å². The summed E-state index contributed by atoms with van der Waals surface area (Å²) in [5.41, 5.74) is 4.03. The number of hydrogen-bond donors (Lipinski definition) is 2. The fraction of sp³-hybridized carbons (Fsp3) is 0.484. The second kappa shape index (κ2) is 12.1. The topological polar surface area (TPSA) is 98.3 Å². The van der Waals surface area contributed by atoms with Crippen molar-refractivity contribution in [3.05, 3.63) is 64.3 Å². The lowest BCUT2D eigenvalue weighted by Gasteiger charge is -2.24. The van der Waals surface area contributed by atoms with Crippen LogP contribution in [0.1, 0.15) is 61.8 Å². The number of aliphatic hydroxyl groups excluding tert-OH is 1. The first-order valence-electron chi connectivity index (χ1n) is 14.3. The van der Waals surface area contributed by atoms with Gasteiger partial charge in [-0.25, -0.2) is 9.37 Å². The van der Waals surface area contributed by atoms with Crippen molar-refractivity contribution >= 4 is 29.1 Å². The number of aromatic nitrogens is 1. The molecule has 41 heavy (non-hydrogen) atoms. The molecule has 0 saturated carbocycles. The number of halogens is 2. The highest BCUT2D eigenvalue weighted by atomic mass is 35.5. The molecule has 0 bridgehead atoms. The van der Waals surface area contributed by atoms with Crippen LogP contribution in [0.3, 0.4) is 0 Å². The monoisotopic (exact) mass is 583 g/mol. The number of rotatable bonds is 7. The molecular weight excluding hydrogens is 549 g/mol. The third-order valence-electron chi connectivity index (χ3n) is 8.03. The second-order valence-corrected chi connectivity index (χ2v) is 11.4. The minimum absolute atomic E-state index is 0.267. The highest BCUT2D eigenvalue weighted by Crippen LogP contribution is 2.40. The molecule has 1 unspecified atom stereocenters. The number of aliphatic hydroxyl groups is 1. The first-order valence-corrected chi connectivity index (χ1v) is 14.7. The van der Waals surface area contributed by atoms with Gasteiger partial charge in [-0.2, -0.15) is 4.99 Å². The summed E-state index contributed by atoms with van der Waals surface area (Å²) < 4.78 is 38.7. The van der Waals surface area contributed by atoms with Crippen LogP contribution in [0.15, 0.2) is 46.2 Å². The van der Waals surface area contributed by atoms with Crippen molar-refractivity contribution in [1.29, 1.82) is 0 Å². The van der Waals surface area contributed by atoms with Gasteiger partial charge >= 0.3 is 0 Å². The molecule has 1 aliphatic carbocycles. The van der Waals surface area contributed by atoms with E-state index in [0.717, 1.165) is 41.5 Å². The molecule has 2 fully saturated rings. The van der Waals surface area contributed by atoms with Crippen LogP contribution in [-0.4, -0.2) is 53.6 Å². The van der Waals surface area contributed by atoms with Gasteiger partial charge in [-0.3, -0.25) is 0 Å². The highest BCUT2D eigenvalue weighted by molar-refractivity contribution is 6.33. The molecule has 3 aliphatic rings. The number of ether oxygens (including phenoxy) is 3. The fourth-order valence-electron chi connectivity index (χ4n) is 5.97. The zero-order chi connectivity index (χ0) is 28.5. The number of aryl methyl sites for hydroxylation is 2. The number of fused-ring (bicyclic) bond motifs is 2. The average molecular weight is 584 g/mol. The quantitative estimate of drug-likeness (QED) is 0.236. The average Bonchev–Trinajstić information content (AvgIpc) is 3.68. The van der Waals surface area contributed by atoms with Crippen LogP contribution in [0.4, 0.5) is 16.0 Å². The minimum atomic E-state index is -0.570. The molecule has 1 aromatic carbocycles. The van der Waals surface area contributed by atoms with E-state index in [9.17, 15) is 5.11 Å². The van der Waals surface area contributed by atoms with Gasteiger partial charge < -0.3 is 29.1 Å². The van der Waals surface area contributed by atoms with Gasteiger partial charge in [-0.15, -0.1) is 0 Å². The zero-order valence-corrected chi connectivity index (χ0v) is 24.0. The van der Waals surface area contributed by atoms with Gasteiger partial charge in [0, 0.05) is 24.2 Å². The number of hydrogen-bond acceptors (Lipinski definition) is 8. The standard InChI is InChI=1S/C31H35ClFN3O5/c1-3-5-26(41-25-16-40-28-24(37)6-4-10-39-29(25)28)35-30-17(2)12-21(32)31(36-30)34-23-8-7-18-13-20(14-22(33)27(18)23)19-9-11-38-15-19/h9,11-15,23-25,28-29,37H,3-8,10,16H2,1-2H3,(H,34,36)/t23?,24-,25-,28-,29-/m1/s1. The third-order valence-corrected chi connectivity index (χ3v) is 8.32. The number of aliphatic imine (C=N–C) groups is 1. The maximum absolute atomic E-state index is 15.4. The van der Waals surface area contributed by atoms with Gasteiger partial charge in [0.1, 0.15) is 23.8 Å². The fourth-order valence-corrected chi connectivity index (χ4v) is 6.23. The summed E-state index contributed by atoms with van der Waals surface area (Å²) >= 11 is 6.61. The molecule has 2 aromatic heterocycles. The Morgan fingerprint density at radius 2 is 2.10 bits per heavy atom. The van der Waals surface area contributed by atoms with Crippen molar-refractivity contribution in [3.63, 3.8) is 0 Å². The molecule has 8 nitrogen and oxygen atoms in total. The van der Waals surface area contributed by atoms with E-state index in [2.05, 4.69) is 12.2 Å². The van der Waals surface area contributed by atoms with Crippen molar-refractivity contribution < 1.29 is 28.1 Å². The van der Waals surface area contributed by atoms with E-state index in [0.29, 0.717) is 60.6 Å². The molecular formula is C31H35ClFN3O5. The van der Waals surface area contributed by atoms with Crippen LogP contribution in [-0.2, 0) is 20.6 Å². The van der Waals surface area contributed by atoms with Crippen molar-refractivity contribution in [1.82, 2.24) is 4.98 Å². The maximum atomic E-state index is 15.4. The van der Waals surface area contributed by atoms with E-state index in [1.807, 2.05) is 25.1 Å². The summed E-state index contributed by atoms with van der Waals surface area (Å²) in [6.45, 7) is 4.83. The molecule has 0 amide bonds. The van der Waals surface area contributed by atoms with Gasteiger partial charge in [-0.05, 0) is 73.9 Å². The van der Waals surface area contributed by atoms with E-state index in [1.54, 1.807) is 18.6 Å².